The molecule has 4 nitrogen and oxygen atoms in total. The van der Waals surface area contributed by atoms with Crippen LogP contribution in [0.2, 0.25) is 0 Å². The molecule has 0 aliphatic carbocycles. The van der Waals surface area contributed by atoms with Gasteiger partial charge >= 0.3 is 0 Å². The first kappa shape index (κ1) is 13.0. The molecule has 18 heavy (non-hydrogen) atoms. The molecule has 2 rings (SSSR count). The molecule has 0 spiro atoms. The third-order valence-electron chi connectivity index (χ3n) is 2.37. The zero-order valence-corrected chi connectivity index (χ0v) is 11.6. The van der Waals surface area contributed by atoms with Gasteiger partial charge in [0.05, 0.1) is 0 Å². The highest BCUT2D eigenvalue weighted by atomic mass is 79.9. The van der Waals surface area contributed by atoms with Crippen molar-refractivity contribution in [1.29, 1.82) is 0 Å². The summed E-state index contributed by atoms with van der Waals surface area (Å²) in [5.41, 5.74) is 1.16. The quantitative estimate of drug-likeness (QED) is 0.922. The van der Waals surface area contributed by atoms with E-state index in [-0.39, 0.29) is 0 Å². The third-order valence-corrected chi connectivity index (χ3v) is 3.15. The van der Waals surface area contributed by atoms with E-state index in [0.717, 1.165) is 22.3 Å². The average Bonchev–Trinajstić information content (AvgIpc) is 2.41. The molecule has 0 saturated carbocycles. The Bertz CT molecular complexity index is 505. The van der Waals surface area contributed by atoms with Crippen LogP contribution in [0.25, 0.3) is 0 Å². The summed E-state index contributed by atoms with van der Waals surface area (Å²) in [6, 6.07) is 7.69. The Morgan fingerprint density at radius 1 is 1.28 bits per heavy atom. The Morgan fingerprint density at radius 3 is 2.78 bits per heavy atom. The topological polar surface area (TPSA) is 47.0 Å². The van der Waals surface area contributed by atoms with Crippen molar-refractivity contribution in [3.05, 3.63) is 52.5 Å². The van der Waals surface area contributed by atoms with Crippen LogP contribution in [0.1, 0.15) is 11.4 Å². The molecule has 0 radical (unpaired) electrons. The van der Waals surface area contributed by atoms with E-state index < -0.39 is 0 Å². The molecule has 0 saturated heterocycles. The van der Waals surface area contributed by atoms with E-state index in [4.69, 9.17) is 4.74 Å². The van der Waals surface area contributed by atoms with Gasteiger partial charge in [-0.05, 0) is 36.9 Å². The van der Waals surface area contributed by atoms with Crippen LogP contribution in [0.5, 0.6) is 5.75 Å². The summed E-state index contributed by atoms with van der Waals surface area (Å²) in [7, 11) is 1.91. The summed E-state index contributed by atoms with van der Waals surface area (Å²) in [5.74, 6) is 1.49. The normalized spacial score (nSPS) is 10.3. The number of ether oxygens (including phenoxy) is 1. The minimum absolute atomic E-state index is 0.376. The standard InChI is InChI=1S/C13H14BrN3O/c1-15-8-10-7-11(3-4-12(10)14)18-9-13-16-5-2-6-17-13/h2-7,15H,8-9H2,1H3. The van der Waals surface area contributed by atoms with Crippen molar-refractivity contribution >= 4 is 15.9 Å². The van der Waals surface area contributed by atoms with Gasteiger partial charge in [-0.3, -0.25) is 0 Å². The minimum Gasteiger partial charge on any atom is -0.486 e. The van der Waals surface area contributed by atoms with E-state index in [9.17, 15) is 0 Å². The molecule has 94 valence electrons. The van der Waals surface area contributed by atoms with Crippen molar-refractivity contribution in [2.24, 2.45) is 0 Å². The molecular weight excluding hydrogens is 294 g/mol. The summed E-state index contributed by atoms with van der Waals surface area (Å²) < 4.78 is 6.73. The second-order valence-electron chi connectivity index (χ2n) is 3.74. The molecule has 0 atom stereocenters. The van der Waals surface area contributed by atoms with Crippen molar-refractivity contribution in [2.75, 3.05) is 7.05 Å². The highest BCUT2D eigenvalue weighted by Gasteiger charge is 2.03. The second-order valence-corrected chi connectivity index (χ2v) is 4.59. The molecule has 0 bridgehead atoms. The smallest absolute Gasteiger partial charge is 0.166 e. The molecular formula is C13H14BrN3O. The van der Waals surface area contributed by atoms with Gasteiger partial charge in [0.25, 0.3) is 0 Å². The molecule has 1 N–H and O–H groups in total. The largest absolute Gasteiger partial charge is 0.486 e. The van der Waals surface area contributed by atoms with E-state index in [0.29, 0.717) is 12.4 Å². The maximum absolute atomic E-state index is 5.66. The van der Waals surface area contributed by atoms with Crippen molar-refractivity contribution in [1.82, 2.24) is 15.3 Å². The van der Waals surface area contributed by atoms with Crippen molar-refractivity contribution in [3.63, 3.8) is 0 Å². The first-order chi connectivity index (χ1) is 8.79. The molecule has 1 heterocycles. The number of aromatic nitrogens is 2. The number of hydrogen-bond acceptors (Lipinski definition) is 4. The first-order valence-electron chi connectivity index (χ1n) is 5.61. The molecule has 1 aromatic heterocycles. The van der Waals surface area contributed by atoms with Crippen LogP contribution in [-0.4, -0.2) is 17.0 Å². The fourth-order valence-electron chi connectivity index (χ4n) is 1.52. The van der Waals surface area contributed by atoms with Crippen LogP contribution in [0.3, 0.4) is 0 Å². The fourth-order valence-corrected chi connectivity index (χ4v) is 1.91. The Balaban J connectivity index is 2.03. The lowest BCUT2D eigenvalue weighted by Crippen LogP contribution is -2.06. The van der Waals surface area contributed by atoms with Gasteiger partial charge in [-0.1, -0.05) is 15.9 Å². The van der Waals surface area contributed by atoms with Crippen molar-refractivity contribution in [3.8, 4) is 5.75 Å². The molecule has 5 heteroatoms. The van der Waals surface area contributed by atoms with E-state index in [2.05, 4.69) is 31.2 Å². The van der Waals surface area contributed by atoms with Gasteiger partial charge in [0.1, 0.15) is 12.4 Å². The van der Waals surface area contributed by atoms with Crippen LogP contribution in [0.4, 0.5) is 0 Å². The Kier molecular flexibility index (Phi) is 4.66. The van der Waals surface area contributed by atoms with Gasteiger partial charge in [-0.25, -0.2) is 9.97 Å². The van der Waals surface area contributed by atoms with Crippen LogP contribution in [0, 0.1) is 0 Å². The van der Waals surface area contributed by atoms with Gasteiger partial charge in [-0.2, -0.15) is 0 Å². The van der Waals surface area contributed by atoms with Gasteiger partial charge in [0.15, 0.2) is 5.82 Å². The van der Waals surface area contributed by atoms with E-state index >= 15 is 0 Å². The number of nitrogens with zero attached hydrogens (tertiary/aromatic N) is 2. The number of nitrogens with one attached hydrogen (secondary N) is 1. The molecule has 0 aliphatic heterocycles. The van der Waals surface area contributed by atoms with Gasteiger partial charge in [-0.15, -0.1) is 0 Å². The monoisotopic (exact) mass is 307 g/mol. The lowest BCUT2D eigenvalue weighted by Gasteiger charge is -2.09. The van der Waals surface area contributed by atoms with Crippen LogP contribution >= 0.6 is 15.9 Å². The summed E-state index contributed by atoms with van der Waals surface area (Å²) in [6.45, 7) is 1.17. The molecule has 0 fully saturated rings. The Labute approximate surface area is 115 Å². The van der Waals surface area contributed by atoms with Crippen molar-refractivity contribution in [2.45, 2.75) is 13.2 Å². The lowest BCUT2D eigenvalue weighted by molar-refractivity contribution is 0.295. The third kappa shape index (κ3) is 3.51. The highest BCUT2D eigenvalue weighted by molar-refractivity contribution is 9.10. The molecule has 2 aromatic rings. The summed E-state index contributed by atoms with van der Waals surface area (Å²) >= 11 is 3.51. The highest BCUT2D eigenvalue weighted by Crippen LogP contribution is 2.22. The molecule has 0 unspecified atom stereocenters. The Morgan fingerprint density at radius 2 is 2.06 bits per heavy atom. The summed E-state index contributed by atoms with van der Waals surface area (Å²) in [6.07, 6.45) is 3.42. The predicted octanol–water partition coefficient (Wildman–Crippen LogP) is 2.54. The fraction of sp³-hybridized carbons (Fsp3) is 0.231. The predicted molar refractivity (Wildman–Crippen MR) is 73.3 cm³/mol. The number of hydrogen-bond donors (Lipinski definition) is 1. The zero-order chi connectivity index (χ0) is 12.8. The number of benzene rings is 1. The SMILES string of the molecule is CNCc1cc(OCc2ncccn2)ccc1Br. The average molecular weight is 308 g/mol. The van der Waals surface area contributed by atoms with Gasteiger partial charge < -0.3 is 10.1 Å². The maximum Gasteiger partial charge on any atom is 0.166 e. The minimum atomic E-state index is 0.376. The molecule has 0 aliphatic rings. The lowest BCUT2D eigenvalue weighted by atomic mass is 10.2. The number of rotatable bonds is 5. The van der Waals surface area contributed by atoms with E-state index in [1.54, 1.807) is 18.5 Å². The summed E-state index contributed by atoms with van der Waals surface area (Å²) in [4.78, 5) is 8.22. The molecule has 1 aromatic carbocycles. The van der Waals surface area contributed by atoms with E-state index in [1.165, 1.54) is 0 Å². The first-order valence-corrected chi connectivity index (χ1v) is 6.40. The Hall–Kier alpha value is -1.46. The van der Waals surface area contributed by atoms with Gasteiger partial charge in [0.2, 0.25) is 0 Å². The van der Waals surface area contributed by atoms with Crippen LogP contribution < -0.4 is 10.1 Å². The zero-order valence-electron chi connectivity index (χ0n) is 10.1. The summed E-state index contributed by atoms with van der Waals surface area (Å²) in [5, 5.41) is 3.12. The maximum atomic E-state index is 5.66. The second kappa shape index (κ2) is 6.47. The van der Waals surface area contributed by atoms with Crippen molar-refractivity contribution < 1.29 is 4.74 Å². The van der Waals surface area contributed by atoms with Gasteiger partial charge in [0, 0.05) is 23.4 Å². The van der Waals surface area contributed by atoms with Crippen LogP contribution in [0.15, 0.2) is 41.1 Å². The van der Waals surface area contributed by atoms with Crippen LogP contribution in [-0.2, 0) is 13.2 Å². The number of halogens is 1. The molecule has 0 amide bonds. The van der Waals surface area contributed by atoms with E-state index in [1.807, 2.05) is 25.2 Å².